The third-order valence-electron chi connectivity index (χ3n) is 4.53. The van der Waals surface area contributed by atoms with Crippen LogP contribution in [-0.4, -0.2) is 36.1 Å². The van der Waals surface area contributed by atoms with Gasteiger partial charge in [-0.15, -0.1) is 0 Å². The van der Waals surface area contributed by atoms with Crippen LogP contribution >= 0.6 is 0 Å². The molecule has 0 spiro atoms. The second-order valence-electron chi connectivity index (χ2n) is 5.63. The summed E-state index contributed by atoms with van der Waals surface area (Å²) in [4.78, 5) is 36.9. The van der Waals surface area contributed by atoms with Crippen molar-refractivity contribution in [3.8, 4) is 5.75 Å². The zero-order chi connectivity index (χ0) is 16.3. The maximum absolute atomic E-state index is 12.7. The molecule has 4 atom stereocenters. The van der Waals surface area contributed by atoms with Crippen molar-refractivity contribution >= 4 is 23.2 Å². The van der Waals surface area contributed by atoms with Gasteiger partial charge in [0.2, 0.25) is 11.8 Å². The minimum Gasteiger partial charge on any atom is -0.496 e. The Morgan fingerprint density at radius 3 is 2.30 bits per heavy atom. The highest BCUT2D eigenvalue weighted by atomic mass is 16.6. The molecular formula is C15H12N2O6. The fourth-order valence-corrected chi connectivity index (χ4v) is 3.51. The van der Waals surface area contributed by atoms with E-state index < -0.39 is 40.8 Å². The molecule has 3 heterocycles. The number of hydrogen-bond donors (Lipinski definition) is 0. The first-order chi connectivity index (χ1) is 11.0. The molecule has 118 valence electrons. The molecule has 8 heteroatoms. The Bertz CT molecular complexity index is 743. The van der Waals surface area contributed by atoms with Gasteiger partial charge in [0, 0.05) is 0 Å². The summed E-state index contributed by atoms with van der Waals surface area (Å²) in [6.45, 7) is 0. The number of amides is 2. The Morgan fingerprint density at radius 1 is 1.17 bits per heavy atom. The van der Waals surface area contributed by atoms with Crippen molar-refractivity contribution in [1.29, 1.82) is 0 Å². The third kappa shape index (κ3) is 1.75. The van der Waals surface area contributed by atoms with E-state index in [1.54, 1.807) is 12.2 Å². The number of benzene rings is 1. The molecule has 2 amide bonds. The molecule has 3 aliphatic rings. The fourth-order valence-electron chi connectivity index (χ4n) is 3.51. The summed E-state index contributed by atoms with van der Waals surface area (Å²) in [6, 6.07) is 4.05. The average molecular weight is 316 g/mol. The van der Waals surface area contributed by atoms with Crippen LogP contribution in [0.25, 0.3) is 0 Å². The summed E-state index contributed by atoms with van der Waals surface area (Å²) in [7, 11) is 1.38. The molecule has 3 aliphatic heterocycles. The number of nitro groups is 1. The van der Waals surface area contributed by atoms with Gasteiger partial charge in [0.1, 0.15) is 11.4 Å². The lowest BCUT2D eigenvalue weighted by Crippen LogP contribution is -2.34. The minimum atomic E-state index is -0.629. The molecule has 0 saturated carbocycles. The Hall–Kier alpha value is -2.74. The zero-order valence-electron chi connectivity index (χ0n) is 12.0. The number of methoxy groups -OCH3 is 1. The second kappa shape index (κ2) is 4.63. The molecule has 23 heavy (non-hydrogen) atoms. The molecule has 0 radical (unpaired) electrons. The number of ether oxygens (including phenoxy) is 2. The Kier molecular flexibility index (Phi) is 2.79. The number of carbonyl (C=O) groups excluding carboxylic acids is 2. The van der Waals surface area contributed by atoms with Crippen molar-refractivity contribution < 1.29 is 24.0 Å². The Balaban J connectivity index is 1.79. The van der Waals surface area contributed by atoms with Gasteiger partial charge in [-0.3, -0.25) is 19.7 Å². The number of imide groups is 1. The van der Waals surface area contributed by atoms with Crippen LogP contribution in [0.4, 0.5) is 11.4 Å². The van der Waals surface area contributed by atoms with E-state index in [1.807, 2.05) is 0 Å². The van der Waals surface area contributed by atoms with E-state index in [1.165, 1.54) is 25.3 Å². The van der Waals surface area contributed by atoms with Gasteiger partial charge in [0.15, 0.2) is 0 Å². The number of nitro benzene ring substituents is 1. The number of hydrogen-bond acceptors (Lipinski definition) is 6. The van der Waals surface area contributed by atoms with Gasteiger partial charge < -0.3 is 9.47 Å². The minimum absolute atomic E-state index is 0.0281. The molecule has 8 nitrogen and oxygen atoms in total. The number of rotatable bonds is 3. The van der Waals surface area contributed by atoms with Gasteiger partial charge in [-0.1, -0.05) is 12.2 Å². The molecule has 0 aliphatic carbocycles. The van der Waals surface area contributed by atoms with Crippen LogP contribution in [0.1, 0.15) is 0 Å². The van der Waals surface area contributed by atoms with Crippen LogP contribution in [0.5, 0.6) is 5.75 Å². The zero-order valence-corrected chi connectivity index (χ0v) is 12.0. The van der Waals surface area contributed by atoms with Crippen LogP contribution in [0.15, 0.2) is 30.4 Å². The van der Waals surface area contributed by atoms with Crippen LogP contribution in [0.3, 0.4) is 0 Å². The van der Waals surface area contributed by atoms with Crippen molar-refractivity contribution in [1.82, 2.24) is 0 Å². The molecule has 4 rings (SSSR count). The number of anilines is 1. The van der Waals surface area contributed by atoms with Crippen molar-refractivity contribution in [2.75, 3.05) is 12.0 Å². The lowest BCUT2D eigenvalue weighted by atomic mass is 9.85. The molecule has 1 aromatic carbocycles. The van der Waals surface area contributed by atoms with Crippen LogP contribution in [-0.2, 0) is 14.3 Å². The molecule has 2 fully saturated rings. The lowest BCUT2D eigenvalue weighted by Gasteiger charge is -2.17. The predicted octanol–water partition coefficient (Wildman–Crippen LogP) is 1.05. The molecule has 2 bridgehead atoms. The fraction of sp³-hybridized carbons (Fsp3) is 0.333. The first-order valence-electron chi connectivity index (χ1n) is 7.07. The van der Waals surface area contributed by atoms with Gasteiger partial charge in [0.05, 0.1) is 42.1 Å². The summed E-state index contributed by atoms with van der Waals surface area (Å²) in [5, 5.41) is 11.3. The van der Waals surface area contributed by atoms with E-state index in [-0.39, 0.29) is 17.1 Å². The topological polar surface area (TPSA) is 99.0 Å². The van der Waals surface area contributed by atoms with E-state index in [9.17, 15) is 19.7 Å². The van der Waals surface area contributed by atoms with Gasteiger partial charge >= 0.3 is 0 Å². The average Bonchev–Trinajstić information content (AvgIpc) is 3.21. The van der Waals surface area contributed by atoms with Crippen LogP contribution in [0, 0.1) is 22.0 Å². The summed E-state index contributed by atoms with van der Waals surface area (Å²) in [6.07, 6.45) is 2.68. The predicted molar refractivity (Wildman–Crippen MR) is 76.9 cm³/mol. The molecule has 0 N–H and O–H groups in total. The van der Waals surface area contributed by atoms with Crippen molar-refractivity contribution in [3.05, 3.63) is 40.5 Å². The second-order valence-corrected chi connectivity index (χ2v) is 5.63. The normalized spacial score (nSPS) is 30.9. The molecule has 0 aromatic heterocycles. The smallest absolute Gasteiger partial charge is 0.297 e. The standard InChI is InChI=1S/C15H12N2O6/c1-22-7-2-3-8(9(6-7)17(20)21)16-14(18)12-10-4-5-11(23-10)13(12)15(16)19/h2-6,10-13H,1H3/t10-,11-,12-,13+/m1/s1. The third-order valence-corrected chi connectivity index (χ3v) is 4.53. The maximum atomic E-state index is 12.7. The largest absolute Gasteiger partial charge is 0.496 e. The van der Waals surface area contributed by atoms with Gasteiger partial charge in [-0.25, -0.2) is 4.90 Å². The highest BCUT2D eigenvalue weighted by Gasteiger charge is 2.61. The first kappa shape index (κ1) is 13.9. The van der Waals surface area contributed by atoms with Gasteiger partial charge in [0.25, 0.3) is 5.69 Å². The highest BCUT2D eigenvalue weighted by Crippen LogP contribution is 2.47. The Labute approximate surface area is 130 Å². The van der Waals surface area contributed by atoms with Gasteiger partial charge in [-0.2, -0.15) is 0 Å². The number of carbonyl (C=O) groups is 2. The number of nitrogens with zero attached hydrogens (tertiary/aromatic N) is 2. The van der Waals surface area contributed by atoms with Crippen molar-refractivity contribution in [2.24, 2.45) is 11.8 Å². The summed E-state index contributed by atoms with van der Waals surface area (Å²) in [5.74, 6) is -1.82. The number of fused-ring (bicyclic) bond motifs is 5. The van der Waals surface area contributed by atoms with E-state index >= 15 is 0 Å². The van der Waals surface area contributed by atoms with E-state index in [2.05, 4.69) is 0 Å². The van der Waals surface area contributed by atoms with Gasteiger partial charge in [-0.05, 0) is 12.1 Å². The quantitative estimate of drug-likeness (QED) is 0.358. The molecule has 2 saturated heterocycles. The molecule has 0 unspecified atom stereocenters. The summed E-state index contributed by atoms with van der Waals surface area (Å²) in [5.41, 5.74) is -0.369. The SMILES string of the molecule is COc1ccc(N2C(=O)[C@@H]3[C@H](C2=O)[C@H]2C=C[C@H]3O2)c([N+](=O)[O-])c1. The summed E-state index contributed by atoms with van der Waals surface area (Å²) < 4.78 is 10.5. The maximum Gasteiger partial charge on any atom is 0.297 e. The van der Waals surface area contributed by atoms with Crippen molar-refractivity contribution in [3.63, 3.8) is 0 Å². The lowest BCUT2D eigenvalue weighted by molar-refractivity contribution is -0.384. The molecule has 1 aromatic rings. The highest BCUT2D eigenvalue weighted by molar-refractivity contribution is 6.24. The first-order valence-corrected chi connectivity index (χ1v) is 7.07. The van der Waals surface area contributed by atoms with Crippen molar-refractivity contribution in [2.45, 2.75) is 12.2 Å². The van der Waals surface area contributed by atoms with E-state index in [0.29, 0.717) is 0 Å². The van der Waals surface area contributed by atoms with Crippen LogP contribution in [0.2, 0.25) is 0 Å². The summed E-state index contributed by atoms with van der Waals surface area (Å²) >= 11 is 0. The van der Waals surface area contributed by atoms with E-state index in [4.69, 9.17) is 9.47 Å². The van der Waals surface area contributed by atoms with E-state index in [0.717, 1.165) is 4.90 Å². The molecular weight excluding hydrogens is 304 g/mol. The monoisotopic (exact) mass is 316 g/mol. The van der Waals surface area contributed by atoms with Crippen LogP contribution < -0.4 is 9.64 Å². The Morgan fingerprint density at radius 2 is 1.78 bits per heavy atom.